The SMILES string of the molecule is COc1cccc(-c2cc(C)[nH]c(=O)c2C#N)c1OCCC1OCCO1. The standard InChI is InChI=1S/C19H20N2O5/c1-12-10-14(15(11-20)19(22)21-12)13-4-3-5-16(23-2)18(13)26-7-6-17-24-8-9-25-17/h3-5,10,17H,6-9H2,1-2H3,(H,21,22). The van der Waals surface area contributed by atoms with E-state index in [4.69, 9.17) is 18.9 Å². The Morgan fingerprint density at radius 3 is 2.77 bits per heavy atom. The van der Waals surface area contributed by atoms with Crippen LogP contribution in [-0.4, -0.2) is 38.2 Å². The van der Waals surface area contributed by atoms with Crippen molar-refractivity contribution in [1.82, 2.24) is 4.98 Å². The van der Waals surface area contributed by atoms with Crippen LogP contribution in [0.2, 0.25) is 0 Å². The van der Waals surface area contributed by atoms with E-state index in [1.54, 1.807) is 38.3 Å². The van der Waals surface area contributed by atoms with E-state index < -0.39 is 5.56 Å². The zero-order valence-corrected chi connectivity index (χ0v) is 14.7. The molecule has 26 heavy (non-hydrogen) atoms. The predicted octanol–water partition coefficient (Wildman–Crippen LogP) is 2.37. The van der Waals surface area contributed by atoms with Crippen LogP contribution in [0, 0.1) is 18.3 Å². The number of para-hydroxylation sites is 1. The van der Waals surface area contributed by atoms with Gasteiger partial charge in [-0.1, -0.05) is 12.1 Å². The van der Waals surface area contributed by atoms with Crippen molar-refractivity contribution in [2.45, 2.75) is 19.6 Å². The molecule has 1 aromatic heterocycles. The maximum atomic E-state index is 12.1. The summed E-state index contributed by atoms with van der Waals surface area (Å²) >= 11 is 0. The Balaban J connectivity index is 1.97. The first kappa shape index (κ1) is 18.0. The van der Waals surface area contributed by atoms with E-state index in [1.165, 1.54) is 0 Å². The monoisotopic (exact) mass is 356 g/mol. The minimum Gasteiger partial charge on any atom is -0.493 e. The van der Waals surface area contributed by atoms with Crippen molar-refractivity contribution >= 4 is 0 Å². The normalized spacial score (nSPS) is 14.2. The Labute approximate surface area is 151 Å². The van der Waals surface area contributed by atoms with Crippen LogP contribution in [0.25, 0.3) is 11.1 Å². The number of aryl methyl sites for hydroxylation is 1. The first-order valence-electron chi connectivity index (χ1n) is 8.31. The number of benzene rings is 1. The Bertz CT molecular complexity index is 878. The number of hydrogen-bond acceptors (Lipinski definition) is 6. The van der Waals surface area contributed by atoms with Gasteiger partial charge in [-0.3, -0.25) is 4.79 Å². The molecule has 0 unspecified atom stereocenters. The lowest BCUT2D eigenvalue weighted by atomic mass is 9.99. The molecule has 7 heteroatoms. The summed E-state index contributed by atoms with van der Waals surface area (Å²) in [6, 6.07) is 9.10. The van der Waals surface area contributed by atoms with Gasteiger partial charge in [-0.25, -0.2) is 0 Å². The van der Waals surface area contributed by atoms with Gasteiger partial charge in [0.15, 0.2) is 17.8 Å². The van der Waals surface area contributed by atoms with Crippen LogP contribution in [0.3, 0.4) is 0 Å². The number of aromatic nitrogens is 1. The number of nitrogens with zero attached hydrogens (tertiary/aromatic N) is 1. The van der Waals surface area contributed by atoms with Crippen molar-refractivity contribution < 1.29 is 18.9 Å². The summed E-state index contributed by atoms with van der Waals surface area (Å²) in [6.45, 7) is 3.29. The molecule has 0 atom stereocenters. The fraction of sp³-hybridized carbons (Fsp3) is 0.368. The molecule has 1 aromatic carbocycles. The van der Waals surface area contributed by atoms with Crippen LogP contribution in [0.15, 0.2) is 29.1 Å². The highest BCUT2D eigenvalue weighted by atomic mass is 16.7. The maximum Gasteiger partial charge on any atom is 0.266 e. The van der Waals surface area contributed by atoms with E-state index in [1.807, 2.05) is 6.07 Å². The molecule has 7 nitrogen and oxygen atoms in total. The molecule has 1 saturated heterocycles. The van der Waals surface area contributed by atoms with E-state index in [0.29, 0.717) is 54.6 Å². The second-order valence-electron chi connectivity index (χ2n) is 5.83. The number of rotatable bonds is 6. The molecular weight excluding hydrogens is 336 g/mol. The molecule has 0 spiro atoms. The van der Waals surface area contributed by atoms with Crippen LogP contribution in [-0.2, 0) is 9.47 Å². The average molecular weight is 356 g/mol. The molecule has 0 saturated carbocycles. The van der Waals surface area contributed by atoms with E-state index in [-0.39, 0.29) is 11.9 Å². The van der Waals surface area contributed by atoms with Gasteiger partial charge in [0.1, 0.15) is 11.6 Å². The number of nitriles is 1. The minimum absolute atomic E-state index is 0.0381. The number of pyridine rings is 1. The van der Waals surface area contributed by atoms with Crippen LogP contribution >= 0.6 is 0 Å². The van der Waals surface area contributed by atoms with Crippen molar-refractivity contribution in [3.05, 3.63) is 45.9 Å². The van der Waals surface area contributed by atoms with Gasteiger partial charge >= 0.3 is 0 Å². The van der Waals surface area contributed by atoms with E-state index in [2.05, 4.69) is 4.98 Å². The number of nitrogens with one attached hydrogen (secondary N) is 1. The van der Waals surface area contributed by atoms with Gasteiger partial charge in [-0.05, 0) is 19.1 Å². The highest BCUT2D eigenvalue weighted by Crippen LogP contribution is 2.39. The summed E-state index contributed by atoms with van der Waals surface area (Å²) in [6.07, 6.45) is 0.293. The highest BCUT2D eigenvalue weighted by Gasteiger charge is 2.20. The number of H-pyrrole nitrogens is 1. The average Bonchev–Trinajstić information content (AvgIpc) is 3.14. The summed E-state index contributed by atoms with van der Waals surface area (Å²) in [5, 5.41) is 9.41. The number of methoxy groups -OCH3 is 1. The lowest BCUT2D eigenvalue weighted by Crippen LogP contribution is -2.14. The quantitative estimate of drug-likeness (QED) is 0.854. The smallest absolute Gasteiger partial charge is 0.266 e. The van der Waals surface area contributed by atoms with Crippen molar-refractivity contribution in [3.63, 3.8) is 0 Å². The summed E-state index contributed by atoms with van der Waals surface area (Å²) in [5.41, 5.74) is 1.41. The van der Waals surface area contributed by atoms with E-state index in [0.717, 1.165) is 0 Å². The summed E-state index contributed by atoms with van der Waals surface area (Å²) in [7, 11) is 1.55. The van der Waals surface area contributed by atoms with Crippen molar-refractivity contribution in [2.75, 3.05) is 26.9 Å². The maximum absolute atomic E-state index is 12.1. The van der Waals surface area contributed by atoms with Gasteiger partial charge in [-0.15, -0.1) is 0 Å². The molecule has 2 heterocycles. The van der Waals surface area contributed by atoms with Crippen LogP contribution in [0.1, 0.15) is 17.7 Å². The van der Waals surface area contributed by atoms with Gasteiger partial charge in [-0.2, -0.15) is 5.26 Å². The molecule has 0 aliphatic carbocycles. The van der Waals surface area contributed by atoms with Gasteiger partial charge in [0.2, 0.25) is 0 Å². The number of hydrogen-bond donors (Lipinski definition) is 1. The molecule has 1 aliphatic heterocycles. The van der Waals surface area contributed by atoms with E-state index in [9.17, 15) is 10.1 Å². The van der Waals surface area contributed by atoms with Crippen molar-refractivity contribution in [2.24, 2.45) is 0 Å². The summed E-state index contributed by atoms with van der Waals surface area (Å²) in [4.78, 5) is 14.8. The van der Waals surface area contributed by atoms with Gasteiger partial charge in [0.05, 0.1) is 26.9 Å². The van der Waals surface area contributed by atoms with Crippen molar-refractivity contribution in [1.29, 1.82) is 5.26 Å². The molecule has 0 bridgehead atoms. The zero-order chi connectivity index (χ0) is 18.5. The molecule has 2 aromatic rings. The predicted molar refractivity (Wildman–Crippen MR) is 94.3 cm³/mol. The number of aromatic amines is 1. The van der Waals surface area contributed by atoms with Crippen LogP contribution in [0.4, 0.5) is 0 Å². The Morgan fingerprint density at radius 1 is 1.31 bits per heavy atom. The Hall–Kier alpha value is -2.82. The summed E-state index contributed by atoms with van der Waals surface area (Å²) in [5.74, 6) is 1.01. The van der Waals surface area contributed by atoms with Crippen LogP contribution < -0.4 is 15.0 Å². The molecule has 0 radical (unpaired) electrons. The number of ether oxygens (including phenoxy) is 4. The van der Waals surface area contributed by atoms with E-state index >= 15 is 0 Å². The topological polar surface area (TPSA) is 93.6 Å². The molecule has 1 aliphatic rings. The molecule has 136 valence electrons. The fourth-order valence-corrected chi connectivity index (χ4v) is 2.88. The summed E-state index contributed by atoms with van der Waals surface area (Å²) < 4.78 is 22.2. The molecule has 1 N–H and O–H groups in total. The van der Waals surface area contributed by atoms with Gasteiger partial charge < -0.3 is 23.9 Å². The lowest BCUT2D eigenvalue weighted by molar-refractivity contribution is -0.0532. The minimum atomic E-state index is -0.427. The molecular formula is C19H20N2O5. The highest BCUT2D eigenvalue weighted by molar-refractivity contribution is 5.78. The zero-order valence-electron chi connectivity index (χ0n) is 14.7. The second kappa shape index (κ2) is 8.04. The largest absolute Gasteiger partial charge is 0.493 e. The Kier molecular flexibility index (Phi) is 5.56. The molecule has 3 rings (SSSR count). The van der Waals surface area contributed by atoms with Gasteiger partial charge in [0.25, 0.3) is 5.56 Å². The molecule has 1 fully saturated rings. The third-order valence-electron chi connectivity index (χ3n) is 4.06. The second-order valence-corrected chi connectivity index (χ2v) is 5.83. The third-order valence-corrected chi connectivity index (χ3v) is 4.06. The third kappa shape index (κ3) is 3.72. The van der Waals surface area contributed by atoms with Crippen molar-refractivity contribution in [3.8, 4) is 28.7 Å². The van der Waals surface area contributed by atoms with Crippen LogP contribution in [0.5, 0.6) is 11.5 Å². The molecule has 0 amide bonds. The van der Waals surface area contributed by atoms with Gasteiger partial charge in [0, 0.05) is 23.2 Å². The lowest BCUT2D eigenvalue weighted by Gasteiger charge is -2.17. The first-order valence-corrected chi connectivity index (χ1v) is 8.31. The first-order chi connectivity index (χ1) is 12.6. The Morgan fingerprint density at radius 2 is 2.08 bits per heavy atom. The fourth-order valence-electron chi connectivity index (χ4n) is 2.88.